The first kappa shape index (κ1) is 15.1. The van der Waals surface area contributed by atoms with Crippen molar-refractivity contribution < 1.29 is 23.4 Å². The maximum absolute atomic E-state index is 12.7. The summed E-state index contributed by atoms with van der Waals surface area (Å²) in [5.74, 6) is 0.207. The molecule has 0 saturated carbocycles. The van der Waals surface area contributed by atoms with E-state index in [0.29, 0.717) is 24.5 Å². The molecule has 1 aromatic heterocycles. The molecular weight excluding hydrogens is 277 g/mol. The number of hydrogen-bond acceptors (Lipinski definition) is 4. The van der Waals surface area contributed by atoms with Crippen LogP contribution in [0.3, 0.4) is 0 Å². The predicted octanol–water partition coefficient (Wildman–Crippen LogP) is 2.04. The van der Waals surface area contributed by atoms with E-state index in [0.717, 1.165) is 0 Å². The molecule has 0 fully saturated rings. The smallest absolute Gasteiger partial charge is 0.257 e. The van der Waals surface area contributed by atoms with Crippen LogP contribution in [0.2, 0.25) is 0 Å². The van der Waals surface area contributed by atoms with Crippen LogP contribution in [0.5, 0.6) is 5.75 Å². The average molecular weight is 293 g/mol. The standard InChI is InChI=1S/C15H16FNO4/c16-11-3-5-12(6-4-11)21-10-15(19)17-8-7-13(18)14-2-1-9-20-14/h1-6,9,13,18H,7-8,10H2,(H,17,19). The molecule has 0 spiro atoms. The third-order valence-corrected chi connectivity index (χ3v) is 2.80. The Bertz CT molecular complexity index is 554. The van der Waals surface area contributed by atoms with Crippen molar-refractivity contribution in [1.82, 2.24) is 5.32 Å². The first-order valence-corrected chi connectivity index (χ1v) is 6.51. The third-order valence-electron chi connectivity index (χ3n) is 2.80. The molecule has 6 heteroatoms. The second kappa shape index (κ2) is 7.44. The zero-order valence-corrected chi connectivity index (χ0v) is 11.3. The van der Waals surface area contributed by atoms with Gasteiger partial charge in [0.2, 0.25) is 0 Å². The number of benzene rings is 1. The third kappa shape index (κ3) is 4.92. The fraction of sp³-hybridized carbons (Fsp3) is 0.267. The van der Waals surface area contributed by atoms with E-state index in [-0.39, 0.29) is 18.3 Å². The van der Waals surface area contributed by atoms with Gasteiger partial charge in [-0.2, -0.15) is 0 Å². The lowest BCUT2D eigenvalue weighted by atomic mass is 10.2. The van der Waals surface area contributed by atoms with Crippen LogP contribution in [-0.2, 0) is 4.79 Å². The normalized spacial score (nSPS) is 11.9. The van der Waals surface area contributed by atoms with Gasteiger partial charge in [-0.1, -0.05) is 0 Å². The van der Waals surface area contributed by atoms with E-state index in [1.165, 1.54) is 30.5 Å². The average Bonchev–Trinajstić information content (AvgIpc) is 3.01. The molecule has 0 radical (unpaired) electrons. The first-order valence-electron chi connectivity index (χ1n) is 6.51. The van der Waals surface area contributed by atoms with Gasteiger partial charge in [0.25, 0.3) is 5.91 Å². The number of amides is 1. The molecule has 0 aliphatic rings. The number of carbonyl (C=O) groups excluding carboxylic acids is 1. The summed E-state index contributed by atoms with van der Waals surface area (Å²) in [5, 5.41) is 12.4. The highest BCUT2D eigenvalue weighted by molar-refractivity contribution is 5.77. The van der Waals surface area contributed by atoms with Crippen LogP contribution < -0.4 is 10.1 Å². The molecule has 0 bridgehead atoms. The predicted molar refractivity (Wildman–Crippen MR) is 73.2 cm³/mol. The van der Waals surface area contributed by atoms with E-state index in [1.807, 2.05) is 0 Å². The van der Waals surface area contributed by atoms with Gasteiger partial charge in [0, 0.05) is 6.54 Å². The molecule has 1 unspecified atom stereocenters. The summed E-state index contributed by atoms with van der Waals surface area (Å²) in [4.78, 5) is 11.5. The molecule has 0 aliphatic heterocycles. The van der Waals surface area contributed by atoms with Crippen LogP contribution in [0.4, 0.5) is 4.39 Å². The maximum atomic E-state index is 12.7. The summed E-state index contributed by atoms with van der Waals surface area (Å²) in [6, 6.07) is 8.77. The van der Waals surface area contributed by atoms with Crippen molar-refractivity contribution in [2.45, 2.75) is 12.5 Å². The molecule has 2 aromatic rings. The number of hydrogen-bond donors (Lipinski definition) is 2. The fourth-order valence-corrected chi connectivity index (χ4v) is 1.70. The molecule has 1 heterocycles. The van der Waals surface area contributed by atoms with E-state index in [1.54, 1.807) is 12.1 Å². The molecule has 0 aliphatic carbocycles. The molecule has 2 N–H and O–H groups in total. The summed E-state index contributed by atoms with van der Waals surface area (Å²) >= 11 is 0. The Morgan fingerprint density at radius 1 is 1.33 bits per heavy atom. The van der Waals surface area contributed by atoms with Gasteiger partial charge in [0.05, 0.1) is 6.26 Å². The van der Waals surface area contributed by atoms with Gasteiger partial charge < -0.3 is 19.6 Å². The Balaban J connectivity index is 1.64. The van der Waals surface area contributed by atoms with Crippen LogP contribution in [0.1, 0.15) is 18.3 Å². The van der Waals surface area contributed by atoms with Crippen molar-refractivity contribution in [2.75, 3.05) is 13.2 Å². The summed E-state index contributed by atoms with van der Waals surface area (Å²) < 4.78 is 22.9. The van der Waals surface area contributed by atoms with Crippen LogP contribution >= 0.6 is 0 Å². The van der Waals surface area contributed by atoms with E-state index in [2.05, 4.69) is 5.32 Å². The van der Waals surface area contributed by atoms with Gasteiger partial charge in [0.15, 0.2) is 6.61 Å². The highest BCUT2D eigenvalue weighted by atomic mass is 19.1. The lowest BCUT2D eigenvalue weighted by Crippen LogP contribution is -2.30. The lowest BCUT2D eigenvalue weighted by molar-refractivity contribution is -0.123. The summed E-state index contributed by atoms with van der Waals surface area (Å²) in [5.41, 5.74) is 0. The molecular formula is C15H16FNO4. The molecule has 1 amide bonds. The quantitative estimate of drug-likeness (QED) is 0.819. The Morgan fingerprint density at radius 2 is 2.10 bits per heavy atom. The second-order valence-electron chi connectivity index (χ2n) is 4.41. The largest absolute Gasteiger partial charge is 0.484 e. The van der Waals surface area contributed by atoms with Crippen LogP contribution in [0.15, 0.2) is 47.1 Å². The summed E-state index contributed by atoms with van der Waals surface area (Å²) in [7, 11) is 0. The van der Waals surface area contributed by atoms with Crippen LogP contribution in [0.25, 0.3) is 0 Å². The lowest BCUT2D eigenvalue weighted by Gasteiger charge is -2.10. The van der Waals surface area contributed by atoms with E-state index in [9.17, 15) is 14.3 Å². The van der Waals surface area contributed by atoms with Crippen molar-refractivity contribution >= 4 is 5.91 Å². The minimum atomic E-state index is -0.752. The number of ether oxygens (including phenoxy) is 1. The highest BCUT2D eigenvalue weighted by Gasteiger charge is 2.10. The van der Waals surface area contributed by atoms with Gasteiger partial charge in [-0.25, -0.2) is 4.39 Å². The van der Waals surface area contributed by atoms with Gasteiger partial charge in [-0.3, -0.25) is 4.79 Å². The number of aliphatic hydroxyl groups is 1. The van der Waals surface area contributed by atoms with Crippen molar-refractivity contribution in [2.24, 2.45) is 0 Å². The van der Waals surface area contributed by atoms with Gasteiger partial charge in [0.1, 0.15) is 23.4 Å². The SMILES string of the molecule is O=C(COc1ccc(F)cc1)NCCC(O)c1ccco1. The van der Waals surface area contributed by atoms with Crippen LogP contribution in [-0.4, -0.2) is 24.2 Å². The van der Waals surface area contributed by atoms with Crippen molar-refractivity contribution in [3.8, 4) is 5.75 Å². The number of halogens is 1. The number of carbonyl (C=O) groups is 1. The fourth-order valence-electron chi connectivity index (χ4n) is 1.70. The van der Waals surface area contributed by atoms with Crippen molar-refractivity contribution in [1.29, 1.82) is 0 Å². The van der Waals surface area contributed by atoms with E-state index in [4.69, 9.17) is 9.15 Å². The van der Waals surface area contributed by atoms with Gasteiger partial charge >= 0.3 is 0 Å². The number of rotatable bonds is 7. The van der Waals surface area contributed by atoms with Gasteiger partial charge in [-0.05, 0) is 42.8 Å². The Kier molecular flexibility index (Phi) is 5.34. The molecule has 0 saturated heterocycles. The number of nitrogens with one attached hydrogen (secondary N) is 1. The summed E-state index contributed by atoms with van der Waals surface area (Å²) in [6.07, 6.45) is 1.07. The zero-order chi connectivity index (χ0) is 15.1. The number of furan rings is 1. The topological polar surface area (TPSA) is 71.7 Å². The molecule has 1 aromatic carbocycles. The van der Waals surface area contributed by atoms with Crippen LogP contribution in [0, 0.1) is 5.82 Å². The molecule has 2 rings (SSSR count). The highest BCUT2D eigenvalue weighted by Crippen LogP contribution is 2.15. The molecule has 1 atom stereocenters. The Hall–Kier alpha value is -2.34. The molecule has 112 valence electrons. The van der Waals surface area contributed by atoms with E-state index < -0.39 is 6.10 Å². The number of aliphatic hydroxyl groups excluding tert-OH is 1. The molecule has 21 heavy (non-hydrogen) atoms. The minimum absolute atomic E-state index is 0.164. The van der Waals surface area contributed by atoms with Gasteiger partial charge in [-0.15, -0.1) is 0 Å². The Morgan fingerprint density at radius 3 is 2.76 bits per heavy atom. The maximum Gasteiger partial charge on any atom is 0.257 e. The zero-order valence-electron chi connectivity index (χ0n) is 11.3. The van der Waals surface area contributed by atoms with Crippen molar-refractivity contribution in [3.63, 3.8) is 0 Å². The first-order chi connectivity index (χ1) is 10.1. The monoisotopic (exact) mass is 293 g/mol. The Labute approximate surface area is 121 Å². The minimum Gasteiger partial charge on any atom is -0.484 e. The summed E-state index contributed by atoms with van der Waals surface area (Å²) in [6.45, 7) is 0.135. The molecule has 5 nitrogen and oxygen atoms in total. The second-order valence-corrected chi connectivity index (χ2v) is 4.41. The van der Waals surface area contributed by atoms with Crippen molar-refractivity contribution in [3.05, 3.63) is 54.2 Å². The van der Waals surface area contributed by atoms with E-state index >= 15 is 0 Å².